The van der Waals surface area contributed by atoms with Crippen LogP contribution >= 0.6 is 0 Å². The minimum Gasteiger partial charge on any atom is -0.493 e. The third kappa shape index (κ3) is 3.30. The Morgan fingerprint density at radius 3 is 2.43 bits per heavy atom. The third-order valence-electron chi connectivity index (χ3n) is 4.65. The van der Waals surface area contributed by atoms with Crippen LogP contribution in [0.2, 0.25) is 0 Å². The summed E-state index contributed by atoms with van der Waals surface area (Å²) < 4.78 is 18.7. The number of fused-ring (bicyclic) bond motifs is 1. The quantitative estimate of drug-likeness (QED) is 0.426. The molecule has 2 aromatic heterocycles. The molecule has 0 unspecified atom stereocenters. The van der Waals surface area contributed by atoms with Crippen molar-refractivity contribution in [1.82, 2.24) is 18.7 Å². The molecule has 0 atom stereocenters. The number of imidazole rings is 1. The number of ether oxygens (including phenoxy) is 3. The van der Waals surface area contributed by atoms with E-state index in [1.54, 1.807) is 29.8 Å². The molecule has 0 bridgehead atoms. The van der Waals surface area contributed by atoms with Gasteiger partial charge in [0.25, 0.3) is 5.56 Å². The van der Waals surface area contributed by atoms with Gasteiger partial charge >= 0.3 is 11.7 Å². The van der Waals surface area contributed by atoms with Gasteiger partial charge in [-0.25, -0.2) is 14.3 Å². The standard InChI is InChI=1S/C20H20N4O6/c1-6-9-23-19(26)16-18(24(20(23)27)11-15(25)30-5)21-17(22(16)2)12-7-8-13(28-3)14(10-12)29-4/h1,7-8,10H,9,11H2,2-5H3. The molecule has 0 spiro atoms. The maximum absolute atomic E-state index is 13.0. The van der Waals surface area contributed by atoms with Crippen molar-refractivity contribution in [3.63, 3.8) is 0 Å². The first-order valence-electron chi connectivity index (χ1n) is 8.80. The number of aryl methyl sites for hydroxylation is 1. The topological polar surface area (TPSA) is 107 Å². The Labute approximate surface area is 171 Å². The van der Waals surface area contributed by atoms with E-state index in [-0.39, 0.29) is 17.7 Å². The minimum absolute atomic E-state index is 0.0518. The van der Waals surface area contributed by atoms with Crippen molar-refractivity contribution in [1.29, 1.82) is 0 Å². The monoisotopic (exact) mass is 412 g/mol. The van der Waals surface area contributed by atoms with Crippen LogP contribution in [0.4, 0.5) is 0 Å². The summed E-state index contributed by atoms with van der Waals surface area (Å²) in [6.07, 6.45) is 5.32. The normalized spacial score (nSPS) is 10.6. The van der Waals surface area contributed by atoms with Crippen LogP contribution in [0.5, 0.6) is 11.5 Å². The van der Waals surface area contributed by atoms with E-state index in [1.165, 1.54) is 21.3 Å². The van der Waals surface area contributed by atoms with Crippen molar-refractivity contribution >= 4 is 17.1 Å². The first-order chi connectivity index (χ1) is 14.4. The van der Waals surface area contributed by atoms with E-state index >= 15 is 0 Å². The number of carbonyl (C=O) groups is 1. The van der Waals surface area contributed by atoms with E-state index < -0.39 is 23.8 Å². The average Bonchev–Trinajstić information content (AvgIpc) is 3.10. The van der Waals surface area contributed by atoms with Crippen molar-refractivity contribution in [2.75, 3.05) is 21.3 Å². The molecular weight excluding hydrogens is 392 g/mol. The number of hydrogen-bond donors (Lipinski definition) is 0. The molecule has 0 N–H and O–H groups in total. The highest BCUT2D eigenvalue weighted by Crippen LogP contribution is 2.32. The number of hydrogen-bond acceptors (Lipinski definition) is 7. The molecule has 0 aliphatic carbocycles. The lowest BCUT2D eigenvalue weighted by Gasteiger charge is -2.10. The van der Waals surface area contributed by atoms with Gasteiger partial charge in [0, 0.05) is 12.6 Å². The molecule has 0 aliphatic heterocycles. The van der Waals surface area contributed by atoms with Crippen LogP contribution in [0.25, 0.3) is 22.6 Å². The van der Waals surface area contributed by atoms with Gasteiger partial charge < -0.3 is 18.8 Å². The van der Waals surface area contributed by atoms with Gasteiger partial charge in [0.05, 0.1) is 27.9 Å². The van der Waals surface area contributed by atoms with Crippen molar-refractivity contribution < 1.29 is 19.0 Å². The smallest absolute Gasteiger partial charge is 0.334 e. The number of aromatic nitrogens is 4. The highest BCUT2D eigenvalue weighted by Gasteiger charge is 2.22. The second-order valence-electron chi connectivity index (χ2n) is 6.28. The van der Waals surface area contributed by atoms with Gasteiger partial charge in [0.15, 0.2) is 22.7 Å². The number of terminal acetylenes is 1. The maximum Gasteiger partial charge on any atom is 0.334 e. The molecule has 0 amide bonds. The van der Waals surface area contributed by atoms with E-state index in [4.69, 9.17) is 15.9 Å². The highest BCUT2D eigenvalue weighted by atomic mass is 16.5. The summed E-state index contributed by atoms with van der Waals surface area (Å²) in [6.45, 7) is -0.662. The molecular formula is C20H20N4O6. The van der Waals surface area contributed by atoms with Crippen molar-refractivity contribution in [2.45, 2.75) is 13.1 Å². The first kappa shape index (κ1) is 20.7. The van der Waals surface area contributed by atoms with Gasteiger partial charge in [0.2, 0.25) is 0 Å². The van der Waals surface area contributed by atoms with Crippen LogP contribution in [0, 0.1) is 12.3 Å². The molecule has 3 aromatic rings. The first-order valence-corrected chi connectivity index (χ1v) is 8.80. The summed E-state index contributed by atoms with van der Waals surface area (Å²) in [6, 6.07) is 5.14. The van der Waals surface area contributed by atoms with Crippen molar-refractivity contribution in [3.05, 3.63) is 39.0 Å². The maximum atomic E-state index is 13.0. The zero-order valence-corrected chi connectivity index (χ0v) is 17.0. The molecule has 3 rings (SSSR count). The lowest BCUT2D eigenvalue weighted by molar-refractivity contribution is -0.141. The van der Waals surface area contributed by atoms with E-state index in [9.17, 15) is 14.4 Å². The number of esters is 1. The Hall–Kier alpha value is -4.00. The SMILES string of the molecule is C#CCn1c(=O)c2c(nc(-c3ccc(OC)c(OC)c3)n2C)n(CC(=O)OC)c1=O. The average molecular weight is 412 g/mol. The highest BCUT2D eigenvalue weighted by molar-refractivity contribution is 5.79. The Morgan fingerprint density at radius 1 is 1.13 bits per heavy atom. The Balaban J connectivity index is 2.36. The van der Waals surface area contributed by atoms with Crippen LogP contribution in [-0.4, -0.2) is 46.0 Å². The minimum atomic E-state index is -0.743. The number of methoxy groups -OCH3 is 3. The largest absolute Gasteiger partial charge is 0.493 e. The predicted molar refractivity (Wildman–Crippen MR) is 109 cm³/mol. The van der Waals surface area contributed by atoms with E-state index in [1.807, 2.05) is 0 Å². The molecule has 0 saturated heterocycles. The number of carbonyl (C=O) groups excluding carboxylic acids is 1. The van der Waals surface area contributed by atoms with Crippen LogP contribution in [-0.2, 0) is 29.7 Å². The van der Waals surface area contributed by atoms with Crippen molar-refractivity contribution in [2.24, 2.45) is 7.05 Å². The fourth-order valence-corrected chi connectivity index (χ4v) is 3.16. The fraction of sp³-hybridized carbons (Fsp3) is 0.300. The second-order valence-corrected chi connectivity index (χ2v) is 6.28. The zero-order valence-electron chi connectivity index (χ0n) is 17.0. The van der Waals surface area contributed by atoms with Crippen LogP contribution in [0.3, 0.4) is 0 Å². The summed E-state index contributed by atoms with van der Waals surface area (Å²) in [5.41, 5.74) is -0.551. The lowest BCUT2D eigenvalue weighted by atomic mass is 10.2. The van der Waals surface area contributed by atoms with Crippen LogP contribution in [0.15, 0.2) is 27.8 Å². The molecule has 0 radical (unpaired) electrons. The van der Waals surface area contributed by atoms with Gasteiger partial charge in [-0.3, -0.25) is 14.2 Å². The Bertz CT molecular complexity index is 1290. The number of nitrogens with zero attached hydrogens (tertiary/aromatic N) is 4. The van der Waals surface area contributed by atoms with Crippen molar-refractivity contribution in [3.8, 4) is 35.2 Å². The zero-order chi connectivity index (χ0) is 22.0. The van der Waals surface area contributed by atoms with E-state index in [2.05, 4.69) is 15.6 Å². The Kier molecular flexibility index (Phi) is 5.64. The molecule has 0 aliphatic rings. The summed E-state index contributed by atoms with van der Waals surface area (Å²) in [5.74, 6) is 3.01. The fourth-order valence-electron chi connectivity index (χ4n) is 3.16. The molecule has 1 aromatic carbocycles. The predicted octanol–water partition coefficient (Wildman–Crippen LogP) is 0.387. The van der Waals surface area contributed by atoms with Gasteiger partial charge in [-0.1, -0.05) is 5.92 Å². The lowest BCUT2D eigenvalue weighted by Crippen LogP contribution is -2.41. The summed E-state index contributed by atoms with van der Waals surface area (Å²) >= 11 is 0. The summed E-state index contributed by atoms with van der Waals surface area (Å²) in [7, 11) is 5.86. The molecule has 10 heteroatoms. The molecule has 2 heterocycles. The Morgan fingerprint density at radius 2 is 1.83 bits per heavy atom. The van der Waals surface area contributed by atoms with Gasteiger partial charge in [-0.05, 0) is 18.2 Å². The van der Waals surface area contributed by atoms with Gasteiger partial charge in [-0.15, -0.1) is 6.42 Å². The summed E-state index contributed by atoms with van der Waals surface area (Å²) in [5, 5.41) is 0. The molecule has 10 nitrogen and oxygen atoms in total. The van der Waals surface area contributed by atoms with Crippen LogP contribution in [0.1, 0.15) is 0 Å². The second kappa shape index (κ2) is 8.16. The summed E-state index contributed by atoms with van der Waals surface area (Å²) in [4.78, 5) is 42.1. The molecule has 0 saturated carbocycles. The molecule has 30 heavy (non-hydrogen) atoms. The van der Waals surface area contributed by atoms with Gasteiger partial charge in [-0.2, -0.15) is 0 Å². The molecule has 156 valence electrons. The number of benzene rings is 1. The third-order valence-corrected chi connectivity index (χ3v) is 4.65. The molecule has 0 fully saturated rings. The number of rotatable bonds is 6. The van der Waals surface area contributed by atoms with E-state index in [0.29, 0.717) is 22.9 Å². The van der Waals surface area contributed by atoms with E-state index in [0.717, 1.165) is 9.13 Å². The van der Waals surface area contributed by atoms with Gasteiger partial charge in [0.1, 0.15) is 12.4 Å². The van der Waals surface area contributed by atoms with Crippen LogP contribution < -0.4 is 20.7 Å².